The topological polar surface area (TPSA) is 49.6 Å². The molecule has 2 saturated heterocycles. The first kappa shape index (κ1) is 13.8. The maximum Gasteiger partial charge on any atom is 0.236 e. The van der Waals surface area contributed by atoms with Gasteiger partial charge in [-0.05, 0) is 38.5 Å². The fourth-order valence-corrected chi connectivity index (χ4v) is 3.39. The molecule has 0 radical (unpaired) electrons. The van der Waals surface area contributed by atoms with Crippen molar-refractivity contribution in [3.63, 3.8) is 0 Å². The summed E-state index contributed by atoms with van der Waals surface area (Å²) in [5, 5.41) is 0. The Morgan fingerprint density at radius 3 is 2.72 bits per heavy atom. The molecule has 104 valence electrons. The number of nitrogens with zero attached hydrogens (tertiary/aromatic N) is 2. The quantitative estimate of drug-likeness (QED) is 0.800. The van der Waals surface area contributed by atoms with E-state index in [2.05, 4.69) is 23.6 Å². The molecule has 18 heavy (non-hydrogen) atoms. The van der Waals surface area contributed by atoms with Crippen molar-refractivity contribution in [3.8, 4) is 0 Å². The third-order valence-electron chi connectivity index (χ3n) is 4.25. The van der Waals surface area contributed by atoms with Gasteiger partial charge in [0.05, 0.1) is 6.54 Å². The molecule has 2 heterocycles. The lowest BCUT2D eigenvalue weighted by molar-refractivity contribution is -0.136. The number of amides is 1. The molecule has 4 nitrogen and oxygen atoms in total. The Morgan fingerprint density at radius 2 is 2.06 bits per heavy atom. The molecule has 3 atom stereocenters. The lowest BCUT2D eigenvalue weighted by Gasteiger charge is -2.38. The van der Waals surface area contributed by atoms with E-state index in [1.54, 1.807) is 0 Å². The largest absolute Gasteiger partial charge is 0.339 e. The van der Waals surface area contributed by atoms with Gasteiger partial charge in [-0.1, -0.05) is 6.92 Å². The van der Waals surface area contributed by atoms with E-state index in [1.807, 2.05) is 0 Å². The van der Waals surface area contributed by atoms with E-state index in [1.165, 1.54) is 6.42 Å². The van der Waals surface area contributed by atoms with Crippen LogP contribution in [-0.4, -0.2) is 54.0 Å². The number of likely N-dealkylation sites (tertiary alicyclic amines) is 2. The van der Waals surface area contributed by atoms with Crippen molar-refractivity contribution >= 4 is 5.91 Å². The van der Waals surface area contributed by atoms with E-state index in [9.17, 15) is 4.79 Å². The molecule has 0 aromatic heterocycles. The lowest BCUT2D eigenvalue weighted by atomic mass is 9.96. The smallest absolute Gasteiger partial charge is 0.236 e. The summed E-state index contributed by atoms with van der Waals surface area (Å²) in [4.78, 5) is 16.6. The summed E-state index contributed by atoms with van der Waals surface area (Å²) in [5.74, 6) is 0.906. The normalized spacial score (nSPS) is 34.6. The highest BCUT2D eigenvalue weighted by atomic mass is 16.2. The van der Waals surface area contributed by atoms with Crippen LogP contribution in [0.3, 0.4) is 0 Å². The summed E-state index contributed by atoms with van der Waals surface area (Å²) in [7, 11) is 0. The molecule has 0 aromatic rings. The molecule has 2 fully saturated rings. The first-order valence-electron chi connectivity index (χ1n) is 7.33. The van der Waals surface area contributed by atoms with Crippen molar-refractivity contribution in [2.24, 2.45) is 11.7 Å². The number of hydrogen-bond acceptors (Lipinski definition) is 3. The van der Waals surface area contributed by atoms with Gasteiger partial charge in [0.15, 0.2) is 0 Å². The molecule has 2 aliphatic heterocycles. The Hall–Kier alpha value is -0.610. The summed E-state index contributed by atoms with van der Waals surface area (Å²) >= 11 is 0. The highest BCUT2D eigenvalue weighted by Crippen LogP contribution is 2.18. The third-order valence-corrected chi connectivity index (χ3v) is 4.25. The van der Waals surface area contributed by atoms with E-state index in [4.69, 9.17) is 5.73 Å². The van der Waals surface area contributed by atoms with Crippen LogP contribution in [0.2, 0.25) is 0 Å². The van der Waals surface area contributed by atoms with Gasteiger partial charge in [-0.15, -0.1) is 0 Å². The van der Waals surface area contributed by atoms with Gasteiger partial charge in [0, 0.05) is 31.7 Å². The van der Waals surface area contributed by atoms with E-state index in [0.29, 0.717) is 24.4 Å². The van der Waals surface area contributed by atoms with Gasteiger partial charge in [0.25, 0.3) is 0 Å². The van der Waals surface area contributed by atoms with Crippen molar-refractivity contribution in [1.82, 2.24) is 9.80 Å². The average molecular weight is 253 g/mol. The second-order valence-electron chi connectivity index (χ2n) is 6.23. The highest BCUT2D eigenvalue weighted by Gasteiger charge is 2.28. The predicted octanol–water partition coefficient (Wildman–Crippen LogP) is 1.06. The Balaban J connectivity index is 1.86. The second kappa shape index (κ2) is 6.02. The number of piperidine rings is 2. The highest BCUT2D eigenvalue weighted by molar-refractivity contribution is 5.78. The molecule has 0 aromatic carbocycles. The van der Waals surface area contributed by atoms with Crippen LogP contribution in [0.4, 0.5) is 0 Å². The van der Waals surface area contributed by atoms with Crippen LogP contribution in [0.5, 0.6) is 0 Å². The summed E-state index contributed by atoms with van der Waals surface area (Å²) in [6, 6.07) is 0.655. The SMILES string of the molecule is CC1CC(N)CN(CC(=O)N2CCCCC2C)C1. The van der Waals surface area contributed by atoms with Gasteiger partial charge in [-0.2, -0.15) is 0 Å². The maximum absolute atomic E-state index is 12.3. The van der Waals surface area contributed by atoms with E-state index < -0.39 is 0 Å². The molecule has 0 saturated carbocycles. The minimum atomic E-state index is 0.236. The Morgan fingerprint density at radius 1 is 1.28 bits per heavy atom. The number of carbonyl (C=O) groups excluding carboxylic acids is 1. The maximum atomic E-state index is 12.3. The average Bonchev–Trinajstić information content (AvgIpc) is 2.27. The van der Waals surface area contributed by atoms with Gasteiger partial charge in [-0.3, -0.25) is 9.69 Å². The molecule has 0 spiro atoms. The Labute approximate surface area is 110 Å². The Kier molecular flexibility index (Phi) is 4.62. The predicted molar refractivity (Wildman–Crippen MR) is 73.2 cm³/mol. The van der Waals surface area contributed by atoms with E-state index in [-0.39, 0.29) is 6.04 Å². The fraction of sp³-hybridized carbons (Fsp3) is 0.929. The van der Waals surface area contributed by atoms with Crippen molar-refractivity contribution in [3.05, 3.63) is 0 Å². The van der Waals surface area contributed by atoms with Crippen molar-refractivity contribution in [2.75, 3.05) is 26.2 Å². The van der Waals surface area contributed by atoms with Crippen LogP contribution in [0.15, 0.2) is 0 Å². The van der Waals surface area contributed by atoms with Crippen LogP contribution in [0.25, 0.3) is 0 Å². The van der Waals surface area contributed by atoms with Crippen LogP contribution >= 0.6 is 0 Å². The van der Waals surface area contributed by atoms with E-state index in [0.717, 1.165) is 38.9 Å². The van der Waals surface area contributed by atoms with Crippen molar-refractivity contribution < 1.29 is 4.79 Å². The standard InChI is InChI=1S/C14H27N3O/c1-11-7-13(15)9-16(8-11)10-14(18)17-6-4-3-5-12(17)2/h11-13H,3-10,15H2,1-2H3. The van der Waals surface area contributed by atoms with Gasteiger partial charge >= 0.3 is 0 Å². The summed E-state index contributed by atoms with van der Waals surface area (Å²) in [6.45, 7) is 7.78. The lowest BCUT2D eigenvalue weighted by Crippen LogP contribution is -2.52. The summed E-state index contributed by atoms with van der Waals surface area (Å²) in [6.07, 6.45) is 4.66. The molecule has 1 amide bonds. The van der Waals surface area contributed by atoms with Gasteiger partial charge in [-0.25, -0.2) is 0 Å². The monoisotopic (exact) mass is 253 g/mol. The molecular weight excluding hydrogens is 226 g/mol. The molecule has 4 heteroatoms. The third kappa shape index (κ3) is 3.45. The first-order valence-corrected chi connectivity index (χ1v) is 7.33. The minimum Gasteiger partial charge on any atom is -0.339 e. The minimum absolute atomic E-state index is 0.236. The van der Waals surface area contributed by atoms with Crippen LogP contribution in [-0.2, 0) is 4.79 Å². The van der Waals surface area contributed by atoms with Gasteiger partial charge < -0.3 is 10.6 Å². The van der Waals surface area contributed by atoms with E-state index >= 15 is 0 Å². The van der Waals surface area contributed by atoms with Crippen LogP contribution in [0, 0.1) is 5.92 Å². The molecule has 2 rings (SSSR count). The summed E-state index contributed by atoms with van der Waals surface area (Å²) in [5.41, 5.74) is 6.03. The molecule has 3 unspecified atom stereocenters. The molecular formula is C14H27N3O. The van der Waals surface area contributed by atoms with Gasteiger partial charge in [0.2, 0.25) is 5.91 Å². The number of carbonyl (C=O) groups is 1. The molecule has 2 N–H and O–H groups in total. The van der Waals surface area contributed by atoms with Crippen molar-refractivity contribution in [1.29, 1.82) is 0 Å². The number of rotatable bonds is 2. The molecule has 2 aliphatic rings. The summed E-state index contributed by atoms with van der Waals surface area (Å²) < 4.78 is 0. The van der Waals surface area contributed by atoms with Crippen LogP contribution < -0.4 is 5.73 Å². The zero-order valence-corrected chi connectivity index (χ0v) is 11.8. The van der Waals surface area contributed by atoms with Crippen molar-refractivity contribution in [2.45, 2.75) is 51.6 Å². The molecule has 0 aliphatic carbocycles. The first-order chi connectivity index (χ1) is 8.56. The zero-order valence-electron chi connectivity index (χ0n) is 11.8. The number of nitrogens with two attached hydrogens (primary N) is 1. The fourth-order valence-electron chi connectivity index (χ4n) is 3.39. The zero-order chi connectivity index (χ0) is 13.1. The molecule has 0 bridgehead atoms. The van der Waals surface area contributed by atoms with Crippen LogP contribution in [0.1, 0.15) is 39.5 Å². The second-order valence-corrected chi connectivity index (χ2v) is 6.23. The van der Waals surface area contributed by atoms with Gasteiger partial charge in [0.1, 0.15) is 0 Å². The Bertz CT molecular complexity index is 285. The number of hydrogen-bond donors (Lipinski definition) is 1.